The lowest BCUT2D eigenvalue weighted by Crippen LogP contribution is -2.21. The molecule has 0 saturated heterocycles. The van der Waals surface area contributed by atoms with Gasteiger partial charge in [0.1, 0.15) is 0 Å². The van der Waals surface area contributed by atoms with Crippen LogP contribution in [0.15, 0.2) is 0 Å². The second-order valence-corrected chi connectivity index (χ2v) is 13.2. The van der Waals surface area contributed by atoms with E-state index in [-0.39, 0.29) is 0 Å². The van der Waals surface area contributed by atoms with E-state index in [2.05, 4.69) is 41.5 Å². The van der Waals surface area contributed by atoms with Crippen molar-refractivity contribution in [2.45, 2.75) is 195 Å². The zero-order valence-electron chi connectivity index (χ0n) is 26.9. The topological polar surface area (TPSA) is 26.3 Å². The highest BCUT2D eigenvalue weighted by atomic mass is 19.1. The summed E-state index contributed by atoms with van der Waals surface area (Å²) < 4.78 is 19.8. The quantitative estimate of drug-likeness (QED) is 0.0765. The number of hydrogen-bond donors (Lipinski definition) is 0. The molecule has 0 bridgehead atoms. The zero-order chi connectivity index (χ0) is 28.5. The van der Waals surface area contributed by atoms with Gasteiger partial charge in [0, 0.05) is 0 Å². The van der Waals surface area contributed by atoms with E-state index in [0.29, 0.717) is 24.4 Å². The molecule has 2 atom stereocenters. The summed E-state index contributed by atoms with van der Waals surface area (Å²) in [4.78, 5) is 12.2. The van der Waals surface area contributed by atoms with Crippen molar-refractivity contribution in [3.63, 3.8) is 0 Å². The Balaban J connectivity index is 4.05. The van der Waals surface area contributed by atoms with Crippen LogP contribution >= 0.6 is 0 Å². The number of ether oxygens (including phenoxy) is 1. The van der Waals surface area contributed by atoms with Gasteiger partial charge >= 0.3 is 5.97 Å². The van der Waals surface area contributed by atoms with Gasteiger partial charge in [-0.25, -0.2) is 9.18 Å². The fourth-order valence-electron chi connectivity index (χ4n) is 5.76. The van der Waals surface area contributed by atoms with Crippen LogP contribution in [0.3, 0.4) is 0 Å². The molecule has 0 aromatic carbocycles. The molecule has 0 aromatic rings. The Morgan fingerprint density at radius 3 is 1.45 bits per heavy atom. The maximum atomic E-state index is 14.4. The molecule has 38 heavy (non-hydrogen) atoms. The first-order chi connectivity index (χ1) is 18.3. The number of hydrogen-bond acceptors (Lipinski definition) is 2. The minimum Gasteiger partial charge on any atom is -0.464 e. The van der Waals surface area contributed by atoms with Crippen molar-refractivity contribution in [3.05, 3.63) is 0 Å². The average molecular weight is 541 g/mol. The molecule has 0 aromatic heterocycles. The standard InChI is InChI=1S/C35H69FO2/c1-7-10-13-14-15-16-21-26-32(35(4,5)6)27-22-17-18-23-28-33(36)34(37)38-30-29-31(24-19-11-8-2)25-20-12-9-3/h31-33H,7-30H2,1-6H3. The summed E-state index contributed by atoms with van der Waals surface area (Å²) >= 11 is 0. The molecule has 0 saturated carbocycles. The lowest BCUT2D eigenvalue weighted by atomic mass is 9.75. The predicted molar refractivity (Wildman–Crippen MR) is 166 cm³/mol. The monoisotopic (exact) mass is 541 g/mol. The third-order valence-electron chi connectivity index (χ3n) is 8.60. The predicted octanol–water partition coefficient (Wildman–Crippen LogP) is 12.2. The van der Waals surface area contributed by atoms with E-state index in [4.69, 9.17) is 4.74 Å². The van der Waals surface area contributed by atoms with Gasteiger partial charge in [0.25, 0.3) is 0 Å². The molecule has 0 N–H and O–H groups in total. The van der Waals surface area contributed by atoms with Crippen molar-refractivity contribution in [1.82, 2.24) is 0 Å². The van der Waals surface area contributed by atoms with Crippen LogP contribution in [-0.2, 0) is 9.53 Å². The minimum atomic E-state index is -1.45. The molecule has 0 aliphatic carbocycles. The molecule has 3 heteroatoms. The molecule has 0 fully saturated rings. The van der Waals surface area contributed by atoms with Crippen LogP contribution in [0.25, 0.3) is 0 Å². The Morgan fingerprint density at radius 1 is 0.579 bits per heavy atom. The molecular formula is C35H69FO2. The van der Waals surface area contributed by atoms with E-state index < -0.39 is 12.1 Å². The van der Waals surface area contributed by atoms with E-state index in [1.165, 1.54) is 116 Å². The van der Waals surface area contributed by atoms with Gasteiger partial charge in [0.05, 0.1) is 6.61 Å². The van der Waals surface area contributed by atoms with Gasteiger partial charge in [0.2, 0.25) is 0 Å². The van der Waals surface area contributed by atoms with E-state index in [0.717, 1.165) is 31.6 Å². The van der Waals surface area contributed by atoms with Gasteiger partial charge in [-0.2, -0.15) is 0 Å². The first-order valence-electron chi connectivity index (χ1n) is 17.1. The van der Waals surface area contributed by atoms with Gasteiger partial charge in [-0.05, 0) is 49.4 Å². The van der Waals surface area contributed by atoms with E-state index in [1.807, 2.05) is 0 Å². The lowest BCUT2D eigenvalue weighted by molar-refractivity contribution is -0.150. The van der Waals surface area contributed by atoms with Crippen LogP contribution in [0.5, 0.6) is 0 Å². The third-order valence-corrected chi connectivity index (χ3v) is 8.60. The summed E-state index contributed by atoms with van der Waals surface area (Å²) in [6.07, 6.45) is 26.1. The van der Waals surface area contributed by atoms with Crippen LogP contribution in [0, 0.1) is 17.3 Å². The van der Waals surface area contributed by atoms with Crippen LogP contribution in [-0.4, -0.2) is 18.7 Å². The fourth-order valence-corrected chi connectivity index (χ4v) is 5.76. The number of carbonyl (C=O) groups is 1. The van der Waals surface area contributed by atoms with Crippen molar-refractivity contribution < 1.29 is 13.9 Å². The van der Waals surface area contributed by atoms with Gasteiger partial charge in [0.15, 0.2) is 6.17 Å². The molecule has 228 valence electrons. The second-order valence-electron chi connectivity index (χ2n) is 13.2. The number of unbranched alkanes of at least 4 members (excludes halogenated alkanes) is 13. The summed E-state index contributed by atoms with van der Waals surface area (Å²) in [6.45, 7) is 14.3. The summed E-state index contributed by atoms with van der Waals surface area (Å²) in [7, 11) is 0. The number of esters is 1. The van der Waals surface area contributed by atoms with Crippen molar-refractivity contribution in [2.75, 3.05) is 6.61 Å². The van der Waals surface area contributed by atoms with Crippen LogP contribution in [0.1, 0.15) is 189 Å². The zero-order valence-corrected chi connectivity index (χ0v) is 26.9. The van der Waals surface area contributed by atoms with E-state index in [9.17, 15) is 9.18 Å². The van der Waals surface area contributed by atoms with E-state index in [1.54, 1.807) is 0 Å². The summed E-state index contributed by atoms with van der Waals surface area (Å²) in [5.41, 5.74) is 0.362. The largest absolute Gasteiger partial charge is 0.464 e. The normalized spacial score (nSPS) is 13.7. The average Bonchev–Trinajstić information content (AvgIpc) is 2.87. The maximum Gasteiger partial charge on any atom is 0.340 e. The lowest BCUT2D eigenvalue weighted by Gasteiger charge is -2.31. The number of rotatable bonds is 27. The summed E-state index contributed by atoms with van der Waals surface area (Å²) in [6, 6.07) is 0. The SMILES string of the molecule is CCCCCCCCCC(CCCCCCC(F)C(=O)OCCC(CCCCC)CCCCC)C(C)(C)C. The summed E-state index contributed by atoms with van der Waals surface area (Å²) in [5, 5.41) is 0. The Labute approximate surface area is 239 Å². The van der Waals surface area contributed by atoms with Gasteiger partial charge in [-0.1, -0.05) is 157 Å². The molecule has 0 radical (unpaired) electrons. The number of halogens is 1. The fraction of sp³-hybridized carbons (Fsp3) is 0.971. The molecule has 0 spiro atoms. The van der Waals surface area contributed by atoms with Gasteiger partial charge < -0.3 is 4.74 Å². The molecule has 2 nitrogen and oxygen atoms in total. The van der Waals surface area contributed by atoms with Crippen LogP contribution in [0.4, 0.5) is 4.39 Å². The Bertz CT molecular complexity index is 503. The highest BCUT2D eigenvalue weighted by molar-refractivity contribution is 5.74. The van der Waals surface area contributed by atoms with E-state index >= 15 is 0 Å². The Hall–Kier alpha value is -0.600. The maximum absolute atomic E-state index is 14.4. The second kappa shape index (κ2) is 25.4. The highest BCUT2D eigenvalue weighted by Crippen LogP contribution is 2.34. The molecule has 0 aliphatic rings. The first kappa shape index (κ1) is 37.4. The minimum absolute atomic E-state index is 0.315. The molecule has 0 aliphatic heterocycles. The Morgan fingerprint density at radius 2 is 0.974 bits per heavy atom. The third kappa shape index (κ3) is 22.2. The van der Waals surface area contributed by atoms with Crippen LogP contribution in [0.2, 0.25) is 0 Å². The van der Waals surface area contributed by atoms with Crippen molar-refractivity contribution in [1.29, 1.82) is 0 Å². The molecular weight excluding hydrogens is 471 g/mol. The van der Waals surface area contributed by atoms with Gasteiger partial charge in [-0.3, -0.25) is 0 Å². The first-order valence-corrected chi connectivity index (χ1v) is 17.1. The van der Waals surface area contributed by atoms with Crippen molar-refractivity contribution >= 4 is 5.97 Å². The number of alkyl halides is 1. The molecule has 0 rings (SSSR count). The van der Waals surface area contributed by atoms with Crippen molar-refractivity contribution in [2.24, 2.45) is 17.3 Å². The number of carbonyl (C=O) groups excluding carboxylic acids is 1. The van der Waals surface area contributed by atoms with Crippen LogP contribution < -0.4 is 0 Å². The molecule has 0 amide bonds. The van der Waals surface area contributed by atoms with Gasteiger partial charge in [-0.15, -0.1) is 0 Å². The highest BCUT2D eigenvalue weighted by Gasteiger charge is 2.24. The summed E-state index contributed by atoms with van der Waals surface area (Å²) in [5.74, 6) is 0.754. The molecule has 0 heterocycles. The smallest absolute Gasteiger partial charge is 0.340 e. The van der Waals surface area contributed by atoms with Crippen molar-refractivity contribution in [3.8, 4) is 0 Å². The Kier molecular flexibility index (Phi) is 25.0. The molecule has 2 unspecified atom stereocenters.